The van der Waals surface area contributed by atoms with Crippen LogP contribution in [0.25, 0.3) is 136 Å². The third-order valence-corrected chi connectivity index (χ3v) is 13.3. The van der Waals surface area contributed by atoms with E-state index in [2.05, 4.69) is 156 Å². The highest BCUT2D eigenvalue weighted by molar-refractivity contribution is 7.26. The Morgan fingerprint density at radius 2 is 1.05 bits per heavy atom. The number of para-hydroxylation sites is 2. The van der Waals surface area contributed by atoms with Crippen molar-refractivity contribution >= 4 is 130 Å². The van der Waals surface area contributed by atoms with Gasteiger partial charge in [0, 0.05) is 48.0 Å². The van der Waals surface area contributed by atoms with Gasteiger partial charge >= 0.3 is 0 Å². The molecule has 5 aromatic heterocycles. The third-order valence-electron chi connectivity index (χ3n) is 12.2. The van der Waals surface area contributed by atoms with Crippen LogP contribution in [0, 0.1) is 0 Å². The van der Waals surface area contributed by atoms with E-state index in [1.807, 2.05) is 12.1 Å². The van der Waals surface area contributed by atoms with Gasteiger partial charge in [-0.15, -0.1) is 11.3 Å². The molecule has 6 heteroatoms. The Bertz CT molecular complexity index is 4110. The Balaban J connectivity index is 1.12. The van der Waals surface area contributed by atoms with E-state index >= 15 is 0 Å². The Morgan fingerprint density at radius 1 is 0.414 bits per heavy atom. The van der Waals surface area contributed by atoms with Gasteiger partial charge in [-0.25, -0.2) is 9.97 Å². The highest BCUT2D eigenvalue weighted by atomic mass is 32.1. The first-order valence-electron chi connectivity index (χ1n) is 19.5. The van der Waals surface area contributed by atoms with Crippen LogP contribution >= 0.6 is 11.3 Å². The van der Waals surface area contributed by atoms with Crippen molar-refractivity contribution in [3.8, 4) is 17.2 Å². The SMILES string of the molecule is c1ccc2c(c1)ccc1oc3ccc(-c4nc(-n5c6ccccc6c6cc7c(ccc8oc9ccccc9c87)cc65)c5sc6ccc7ccccc7c6c5n4)cc3c12. The number of nitrogens with zero attached hydrogens (tertiary/aromatic N) is 3. The van der Waals surface area contributed by atoms with Crippen molar-refractivity contribution in [2.75, 3.05) is 0 Å². The molecule has 14 rings (SSSR count). The fraction of sp³-hybridized carbons (Fsp3) is 0. The molecule has 14 aromatic rings. The molecule has 0 bridgehead atoms. The van der Waals surface area contributed by atoms with Crippen molar-refractivity contribution in [1.82, 2.24) is 14.5 Å². The number of hydrogen-bond acceptors (Lipinski definition) is 5. The number of fused-ring (bicyclic) bond motifs is 18. The minimum atomic E-state index is 0.671. The highest BCUT2D eigenvalue weighted by Gasteiger charge is 2.23. The zero-order chi connectivity index (χ0) is 37.6. The lowest BCUT2D eigenvalue weighted by molar-refractivity contribution is 0.669. The van der Waals surface area contributed by atoms with Crippen molar-refractivity contribution in [3.05, 3.63) is 164 Å². The third kappa shape index (κ3) is 4.04. The first-order chi connectivity index (χ1) is 28.7. The van der Waals surface area contributed by atoms with Crippen molar-refractivity contribution < 1.29 is 8.83 Å². The van der Waals surface area contributed by atoms with Gasteiger partial charge in [0.05, 0.1) is 21.3 Å². The molecule has 268 valence electrons. The zero-order valence-electron chi connectivity index (χ0n) is 30.7. The second-order valence-electron chi connectivity index (χ2n) is 15.3. The van der Waals surface area contributed by atoms with Gasteiger partial charge in [0.15, 0.2) is 11.6 Å². The van der Waals surface area contributed by atoms with E-state index < -0.39 is 0 Å². The average Bonchev–Trinajstić information content (AvgIpc) is 4.04. The van der Waals surface area contributed by atoms with Crippen LogP contribution in [-0.4, -0.2) is 14.5 Å². The summed E-state index contributed by atoms with van der Waals surface area (Å²) in [6, 6.07) is 58.2. The molecule has 5 heterocycles. The molecule has 0 unspecified atom stereocenters. The Labute approximate surface area is 332 Å². The molecule has 0 aliphatic carbocycles. The Morgan fingerprint density at radius 3 is 1.88 bits per heavy atom. The monoisotopic (exact) mass is 757 g/mol. The predicted octanol–water partition coefficient (Wildman–Crippen LogP) is 14.9. The van der Waals surface area contributed by atoms with Gasteiger partial charge in [0.1, 0.15) is 22.3 Å². The van der Waals surface area contributed by atoms with Crippen LogP contribution in [0.5, 0.6) is 0 Å². The molecule has 0 fully saturated rings. The maximum atomic E-state index is 6.43. The molecule has 5 nitrogen and oxygen atoms in total. The summed E-state index contributed by atoms with van der Waals surface area (Å²) < 4.78 is 17.4. The standard InChI is InChI=1S/C52H27N3O2S/c1-3-11-32-28(9-1)17-22-43-46(32)38-25-31(19-21-42(38)57-43)51-53-49-48-33-12-4-2-10-29(33)20-24-45(48)58-50(49)52(54-51)55-39-15-7-5-13-34(39)37-27-36-30(26-40(37)55)18-23-44-47(36)35-14-6-8-16-41(35)56-44/h1-27H. The van der Waals surface area contributed by atoms with Crippen molar-refractivity contribution in [3.63, 3.8) is 0 Å². The number of furan rings is 2. The molecule has 0 saturated carbocycles. The zero-order valence-corrected chi connectivity index (χ0v) is 31.5. The van der Waals surface area contributed by atoms with Crippen LogP contribution in [0.4, 0.5) is 0 Å². The Hall–Kier alpha value is -7.54. The maximum Gasteiger partial charge on any atom is 0.162 e. The van der Waals surface area contributed by atoms with Gasteiger partial charge in [-0.2, -0.15) is 0 Å². The van der Waals surface area contributed by atoms with Crippen molar-refractivity contribution in [2.24, 2.45) is 0 Å². The fourth-order valence-corrected chi connectivity index (χ4v) is 10.7. The summed E-state index contributed by atoms with van der Waals surface area (Å²) >= 11 is 1.76. The second kappa shape index (κ2) is 11.1. The van der Waals surface area contributed by atoms with Crippen LogP contribution in [0.2, 0.25) is 0 Å². The summed E-state index contributed by atoms with van der Waals surface area (Å²) in [5.41, 5.74) is 7.59. The molecular weight excluding hydrogens is 731 g/mol. The quantitative estimate of drug-likeness (QED) is 0.176. The minimum absolute atomic E-state index is 0.671. The number of benzene rings is 9. The second-order valence-corrected chi connectivity index (χ2v) is 16.3. The molecule has 0 radical (unpaired) electrons. The van der Waals surface area contributed by atoms with Gasteiger partial charge in [-0.1, -0.05) is 103 Å². The van der Waals surface area contributed by atoms with E-state index in [1.165, 1.54) is 42.4 Å². The number of rotatable bonds is 2. The van der Waals surface area contributed by atoms with Gasteiger partial charge in [0.2, 0.25) is 0 Å². The van der Waals surface area contributed by atoms with Crippen LogP contribution in [0.3, 0.4) is 0 Å². The van der Waals surface area contributed by atoms with E-state index in [1.54, 1.807) is 11.3 Å². The molecule has 0 saturated heterocycles. The maximum absolute atomic E-state index is 6.43. The lowest BCUT2D eigenvalue weighted by Gasteiger charge is -2.11. The fourth-order valence-electron chi connectivity index (χ4n) is 9.60. The summed E-state index contributed by atoms with van der Waals surface area (Å²) in [4.78, 5) is 11.1. The largest absolute Gasteiger partial charge is 0.456 e. The lowest BCUT2D eigenvalue weighted by atomic mass is 10.0. The first-order valence-corrected chi connectivity index (χ1v) is 20.3. The summed E-state index contributed by atoms with van der Waals surface area (Å²) in [6.45, 7) is 0. The highest BCUT2D eigenvalue weighted by Crippen LogP contribution is 2.45. The smallest absolute Gasteiger partial charge is 0.162 e. The topological polar surface area (TPSA) is 57.0 Å². The average molecular weight is 758 g/mol. The van der Waals surface area contributed by atoms with Gasteiger partial charge in [0.25, 0.3) is 0 Å². The number of thiophene rings is 1. The summed E-state index contributed by atoms with van der Waals surface area (Å²) in [5, 5.41) is 15.0. The summed E-state index contributed by atoms with van der Waals surface area (Å²) in [6.07, 6.45) is 0. The molecule has 0 N–H and O–H groups in total. The molecule has 58 heavy (non-hydrogen) atoms. The van der Waals surface area contributed by atoms with E-state index in [0.29, 0.717) is 5.82 Å². The van der Waals surface area contributed by atoms with Gasteiger partial charge < -0.3 is 8.83 Å². The van der Waals surface area contributed by atoms with Crippen LogP contribution < -0.4 is 0 Å². The van der Waals surface area contributed by atoms with Crippen molar-refractivity contribution in [1.29, 1.82) is 0 Å². The lowest BCUT2D eigenvalue weighted by Crippen LogP contribution is -2.01. The van der Waals surface area contributed by atoms with E-state index in [0.717, 1.165) is 87.3 Å². The van der Waals surface area contributed by atoms with Gasteiger partial charge in [-0.3, -0.25) is 4.57 Å². The number of aromatic nitrogens is 3. The van der Waals surface area contributed by atoms with Crippen LogP contribution in [-0.2, 0) is 0 Å². The van der Waals surface area contributed by atoms with E-state index in [4.69, 9.17) is 18.8 Å². The Kier molecular flexibility index (Phi) is 5.85. The molecule has 0 aliphatic rings. The molecule has 0 aliphatic heterocycles. The summed E-state index contributed by atoms with van der Waals surface area (Å²) in [7, 11) is 0. The molecule has 0 spiro atoms. The molecule has 0 atom stereocenters. The minimum Gasteiger partial charge on any atom is -0.456 e. The predicted molar refractivity (Wildman–Crippen MR) is 242 cm³/mol. The van der Waals surface area contributed by atoms with Gasteiger partial charge in [-0.05, 0) is 93.0 Å². The summed E-state index contributed by atoms with van der Waals surface area (Å²) in [5.74, 6) is 1.54. The van der Waals surface area contributed by atoms with Crippen LogP contribution in [0.15, 0.2) is 173 Å². The normalized spacial score (nSPS) is 12.5. The van der Waals surface area contributed by atoms with Crippen LogP contribution in [0.1, 0.15) is 0 Å². The molecule has 9 aromatic carbocycles. The molecular formula is C52H27N3O2S. The molecule has 0 amide bonds. The van der Waals surface area contributed by atoms with E-state index in [9.17, 15) is 0 Å². The van der Waals surface area contributed by atoms with Crippen molar-refractivity contribution in [2.45, 2.75) is 0 Å². The van der Waals surface area contributed by atoms with E-state index in [-0.39, 0.29) is 0 Å². The number of hydrogen-bond donors (Lipinski definition) is 0. The first kappa shape index (κ1) is 30.7.